The quantitative estimate of drug-likeness (QED) is 0.289. The first-order valence-corrected chi connectivity index (χ1v) is 12.7. The number of carbonyl (C=O) groups is 4. The zero-order valence-electron chi connectivity index (χ0n) is 21.5. The molecule has 2 aromatic carbocycles. The first kappa shape index (κ1) is 27.4. The van der Waals surface area contributed by atoms with Crippen LogP contribution in [0.4, 0.5) is 8.78 Å². The summed E-state index contributed by atoms with van der Waals surface area (Å²) in [6.45, 7) is 4.21. The average molecular weight is 528 g/mol. The Kier molecular flexibility index (Phi) is 7.91. The van der Waals surface area contributed by atoms with Gasteiger partial charge < -0.3 is 4.90 Å². The van der Waals surface area contributed by atoms with Crippen molar-refractivity contribution in [3.8, 4) is 0 Å². The average Bonchev–Trinajstić information content (AvgIpc) is 3.29. The van der Waals surface area contributed by atoms with E-state index in [1.807, 2.05) is 44.2 Å². The molecule has 8 nitrogen and oxygen atoms in total. The molecule has 0 saturated carbocycles. The number of fused-ring (bicyclic) bond motifs is 1. The predicted molar refractivity (Wildman–Crippen MR) is 133 cm³/mol. The Morgan fingerprint density at radius 2 is 1.63 bits per heavy atom. The Labute approximate surface area is 219 Å². The van der Waals surface area contributed by atoms with Crippen molar-refractivity contribution in [2.75, 3.05) is 26.2 Å². The molecule has 0 aromatic heterocycles. The van der Waals surface area contributed by atoms with E-state index in [-0.39, 0.29) is 35.9 Å². The highest BCUT2D eigenvalue weighted by molar-refractivity contribution is 6.21. The number of likely N-dealkylation sites (tertiary alicyclic amines) is 1. The second-order valence-corrected chi connectivity index (χ2v) is 10.4. The van der Waals surface area contributed by atoms with Gasteiger partial charge in [-0.1, -0.05) is 44.2 Å². The monoisotopic (exact) mass is 527 g/mol. The number of benzene rings is 2. The molecule has 0 aliphatic carbocycles. The third kappa shape index (κ3) is 5.45. The van der Waals surface area contributed by atoms with Crippen LogP contribution in [-0.2, 0) is 16.0 Å². The molecule has 1 saturated heterocycles. The molecule has 0 radical (unpaired) electrons. The van der Waals surface area contributed by atoms with Gasteiger partial charge in [0.15, 0.2) is 11.6 Å². The van der Waals surface area contributed by atoms with Crippen LogP contribution in [0.1, 0.15) is 59.4 Å². The lowest BCUT2D eigenvalue weighted by molar-refractivity contribution is -0.170. The number of amides is 4. The number of halogens is 2. The van der Waals surface area contributed by atoms with Crippen LogP contribution in [0.5, 0.6) is 0 Å². The standard InChI is InChI=1S/C28H31F2N3O5/c1-18(2)16-28(9-11-31(27(28)37)10-8-19-6-4-3-5-7-19)17-24(34)33(38)13-12-32-25(35)20-14-22(29)23(30)15-21(20)26(32)36/h3-7,14-15,18,38H,8-13,16-17H2,1-2H3. The van der Waals surface area contributed by atoms with Crippen molar-refractivity contribution in [2.24, 2.45) is 11.3 Å². The third-order valence-corrected chi connectivity index (χ3v) is 7.24. The highest BCUT2D eigenvalue weighted by atomic mass is 19.2. The molecule has 2 heterocycles. The zero-order valence-corrected chi connectivity index (χ0v) is 21.5. The van der Waals surface area contributed by atoms with Gasteiger partial charge in [-0.05, 0) is 42.9 Å². The molecule has 202 valence electrons. The van der Waals surface area contributed by atoms with Gasteiger partial charge >= 0.3 is 0 Å². The number of hydrogen-bond donors (Lipinski definition) is 1. The fourth-order valence-corrected chi connectivity index (χ4v) is 5.41. The van der Waals surface area contributed by atoms with Gasteiger partial charge in [-0.2, -0.15) is 0 Å². The highest BCUT2D eigenvalue weighted by Crippen LogP contribution is 2.41. The molecular weight excluding hydrogens is 496 g/mol. The Balaban J connectivity index is 1.38. The maximum atomic E-state index is 13.6. The summed E-state index contributed by atoms with van der Waals surface area (Å²) >= 11 is 0. The van der Waals surface area contributed by atoms with Crippen LogP contribution in [0.15, 0.2) is 42.5 Å². The number of imide groups is 1. The van der Waals surface area contributed by atoms with Crippen LogP contribution in [-0.4, -0.2) is 69.9 Å². The SMILES string of the molecule is CC(C)CC1(CC(=O)N(O)CCN2C(=O)c3cc(F)c(F)cc3C2=O)CCN(CCc2ccccc2)C1=O. The van der Waals surface area contributed by atoms with E-state index in [0.717, 1.165) is 10.5 Å². The lowest BCUT2D eigenvalue weighted by Crippen LogP contribution is -2.43. The molecule has 2 aromatic rings. The van der Waals surface area contributed by atoms with Crippen molar-refractivity contribution in [3.05, 3.63) is 70.8 Å². The molecule has 1 unspecified atom stereocenters. The minimum Gasteiger partial charge on any atom is -0.342 e. The summed E-state index contributed by atoms with van der Waals surface area (Å²) in [6.07, 6.45) is 1.44. The maximum Gasteiger partial charge on any atom is 0.261 e. The van der Waals surface area contributed by atoms with E-state index in [0.29, 0.717) is 49.5 Å². The lowest BCUT2D eigenvalue weighted by Gasteiger charge is -2.30. The van der Waals surface area contributed by atoms with E-state index >= 15 is 0 Å². The van der Waals surface area contributed by atoms with Crippen LogP contribution < -0.4 is 0 Å². The van der Waals surface area contributed by atoms with Crippen molar-refractivity contribution in [3.63, 3.8) is 0 Å². The lowest BCUT2D eigenvalue weighted by atomic mass is 9.75. The summed E-state index contributed by atoms with van der Waals surface area (Å²) in [7, 11) is 0. The molecule has 4 rings (SSSR count). The Morgan fingerprint density at radius 1 is 1.03 bits per heavy atom. The number of rotatable bonds is 10. The van der Waals surface area contributed by atoms with Gasteiger partial charge in [-0.25, -0.2) is 13.8 Å². The van der Waals surface area contributed by atoms with E-state index in [1.165, 1.54) is 0 Å². The first-order valence-electron chi connectivity index (χ1n) is 12.7. The Bertz CT molecular complexity index is 1210. The van der Waals surface area contributed by atoms with Crippen molar-refractivity contribution >= 4 is 23.6 Å². The van der Waals surface area contributed by atoms with Crippen molar-refractivity contribution in [1.82, 2.24) is 14.9 Å². The normalized spacial score (nSPS) is 19.1. The topological polar surface area (TPSA) is 98.2 Å². The molecule has 4 amide bonds. The van der Waals surface area contributed by atoms with Crippen LogP contribution >= 0.6 is 0 Å². The number of carbonyl (C=O) groups excluding carboxylic acids is 4. The van der Waals surface area contributed by atoms with Gasteiger partial charge in [0.1, 0.15) is 0 Å². The van der Waals surface area contributed by atoms with Gasteiger partial charge in [0.25, 0.3) is 11.8 Å². The van der Waals surface area contributed by atoms with Crippen molar-refractivity contribution in [1.29, 1.82) is 0 Å². The van der Waals surface area contributed by atoms with Crippen LogP contribution in [0.3, 0.4) is 0 Å². The molecule has 38 heavy (non-hydrogen) atoms. The van der Waals surface area contributed by atoms with Crippen molar-refractivity contribution in [2.45, 2.75) is 39.5 Å². The number of nitrogens with zero attached hydrogens (tertiary/aromatic N) is 3. The van der Waals surface area contributed by atoms with E-state index in [1.54, 1.807) is 4.90 Å². The molecule has 1 atom stereocenters. The zero-order chi connectivity index (χ0) is 27.6. The van der Waals surface area contributed by atoms with E-state index < -0.39 is 41.3 Å². The highest BCUT2D eigenvalue weighted by Gasteiger charge is 2.48. The van der Waals surface area contributed by atoms with Gasteiger partial charge in [0.2, 0.25) is 11.8 Å². The smallest absolute Gasteiger partial charge is 0.261 e. The van der Waals surface area contributed by atoms with Gasteiger partial charge in [0, 0.05) is 26.1 Å². The fourth-order valence-electron chi connectivity index (χ4n) is 5.41. The molecule has 2 aliphatic rings. The summed E-state index contributed by atoms with van der Waals surface area (Å²) < 4.78 is 27.1. The first-order chi connectivity index (χ1) is 18.0. The molecule has 2 aliphatic heterocycles. The van der Waals surface area contributed by atoms with Gasteiger partial charge in [0.05, 0.1) is 23.1 Å². The second kappa shape index (κ2) is 11.0. The Morgan fingerprint density at radius 3 is 2.21 bits per heavy atom. The largest absolute Gasteiger partial charge is 0.342 e. The summed E-state index contributed by atoms with van der Waals surface area (Å²) in [5, 5.41) is 10.9. The van der Waals surface area contributed by atoms with Gasteiger partial charge in [-0.15, -0.1) is 0 Å². The Hall–Kier alpha value is -3.66. The van der Waals surface area contributed by atoms with Gasteiger partial charge in [-0.3, -0.25) is 29.3 Å². The van der Waals surface area contributed by atoms with Crippen LogP contribution in [0, 0.1) is 23.0 Å². The molecule has 0 bridgehead atoms. The maximum absolute atomic E-state index is 13.6. The van der Waals surface area contributed by atoms with Crippen molar-refractivity contribution < 1.29 is 33.2 Å². The minimum atomic E-state index is -1.25. The van der Waals surface area contributed by atoms with Crippen LogP contribution in [0.25, 0.3) is 0 Å². The minimum absolute atomic E-state index is 0.117. The predicted octanol–water partition coefficient (Wildman–Crippen LogP) is 3.68. The summed E-state index contributed by atoms with van der Waals surface area (Å²) in [5.41, 5.74) is -0.383. The second-order valence-electron chi connectivity index (χ2n) is 10.4. The number of hydrogen-bond acceptors (Lipinski definition) is 5. The van der Waals surface area contributed by atoms with E-state index in [2.05, 4.69) is 0 Å². The molecule has 1 N–H and O–H groups in total. The fraction of sp³-hybridized carbons (Fsp3) is 0.429. The van der Waals surface area contributed by atoms with Crippen LogP contribution in [0.2, 0.25) is 0 Å². The molecule has 0 spiro atoms. The summed E-state index contributed by atoms with van der Waals surface area (Å²) in [6, 6.07) is 11.1. The molecule has 10 heteroatoms. The van der Waals surface area contributed by atoms with E-state index in [4.69, 9.17) is 0 Å². The summed E-state index contributed by atoms with van der Waals surface area (Å²) in [5.74, 6) is -4.85. The van der Waals surface area contributed by atoms with E-state index in [9.17, 15) is 33.2 Å². The third-order valence-electron chi connectivity index (χ3n) is 7.24. The molecule has 1 fully saturated rings. The summed E-state index contributed by atoms with van der Waals surface area (Å²) in [4.78, 5) is 54.1. The molecular formula is C28H31F2N3O5. The number of hydroxylamine groups is 2.